The van der Waals surface area contributed by atoms with E-state index in [-0.39, 0.29) is 40.5 Å². The Labute approximate surface area is 207 Å². The Balaban J connectivity index is 1.72. The highest BCUT2D eigenvalue weighted by molar-refractivity contribution is 6.32. The van der Waals surface area contributed by atoms with Crippen LogP contribution in [-0.2, 0) is 16.1 Å². The van der Waals surface area contributed by atoms with Crippen LogP contribution in [0, 0.1) is 29.9 Å². The minimum absolute atomic E-state index is 0.00594. The number of benzene rings is 2. The van der Waals surface area contributed by atoms with Crippen LogP contribution in [0.25, 0.3) is 11.1 Å². The number of pyridine rings is 1. The second kappa shape index (κ2) is 9.84. The van der Waals surface area contributed by atoms with Gasteiger partial charge in [0.2, 0.25) is 11.7 Å². The van der Waals surface area contributed by atoms with Crippen LogP contribution in [0.1, 0.15) is 40.0 Å². The van der Waals surface area contributed by atoms with Crippen molar-refractivity contribution in [2.75, 3.05) is 12.0 Å². The number of hydrogen-bond acceptors (Lipinski definition) is 6. The van der Waals surface area contributed by atoms with E-state index < -0.39 is 10.9 Å². The van der Waals surface area contributed by atoms with Gasteiger partial charge in [0.1, 0.15) is 0 Å². The van der Waals surface area contributed by atoms with Gasteiger partial charge in [-0.1, -0.05) is 54.1 Å². The molecule has 0 bridgehead atoms. The molecule has 0 aliphatic heterocycles. The number of aryl methyl sites for hydroxylation is 1. The van der Waals surface area contributed by atoms with Gasteiger partial charge in [-0.05, 0) is 49.4 Å². The van der Waals surface area contributed by atoms with Crippen LogP contribution >= 0.6 is 11.6 Å². The fraction of sp³-hybridized carbons (Fsp3) is 0.269. The molecule has 0 spiro atoms. The highest BCUT2D eigenvalue weighted by atomic mass is 35.5. The molecule has 1 saturated carbocycles. The van der Waals surface area contributed by atoms with E-state index in [2.05, 4.69) is 4.98 Å². The molecule has 0 unspecified atom stereocenters. The summed E-state index contributed by atoms with van der Waals surface area (Å²) in [4.78, 5) is 42.5. The number of esters is 1. The molecule has 0 atom stereocenters. The Bertz CT molecular complexity index is 1320. The van der Waals surface area contributed by atoms with Gasteiger partial charge in [0, 0.05) is 5.92 Å². The molecule has 1 aliphatic rings. The molecular weight excluding hydrogens is 470 g/mol. The maximum atomic E-state index is 13.2. The largest absolute Gasteiger partial charge is 0.465 e. The normalized spacial score (nSPS) is 12.8. The first-order valence-corrected chi connectivity index (χ1v) is 11.5. The van der Waals surface area contributed by atoms with E-state index in [1.165, 1.54) is 12.0 Å². The average Bonchev–Trinajstić information content (AvgIpc) is 3.70. The third-order valence-electron chi connectivity index (χ3n) is 6.06. The van der Waals surface area contributed by atoms with Gasteiger partial charge in [-0.2, -0.15) is 0 Å². The molecule has 3 aromatic rings. The second-order valence-electron chi connectivity index (χ2n) is 8.50. The van der Waals surface area contributed by atoms with Crippen LogP contribution in [0.3, 0.4) is 0 Å². The Hall–Kier alpha value is -3.78. The molecule has 8 nitrogen and oxygen atoms in total. The Morgan fingerprint density at radius 3 is 2.40 bits per heavy atom. The molecule has 0 N–H and O–H groups in total. The van der Waals surface area contributed by atoms with E-state index in [0.29, 0.717) is 11.3 Å². The summed E-state index contributed by atoms with van der Waals surface area (Å²) in [5, 5.41) is 12.1. The predicted octanol–water partition coefficient (Wildman–Crippen LogP) is 5.66. The Kier molecular flexibility index (Phi) is 6.84. The SMILES string of the molecule is COC(=O)c1ccccc1-c1ccc(CN(C(=O)C2CC2)c2nc(C)c(Cl)c(C)c2[N+](=O)[O-])cc1. The van der Waals surface area contributed by atoms with Crippen LogP contribution in [0.15, 0.2) is 48.5 Å². The maximum Gasteiger partial charge on any atom is 0.338 e. The fourth-order valence-electron chi connectivity index (χ4n) is 4.01. The summed E-state index contributed by atoms with van der Waals surface area (Å²) in [5.74, 6) is -0.787. The Morgan fingerprint density at radius 2 is 1.80 bits per heavy atom. The monoisotopic (exact) mass is 493 g/mol. The summed E-state index contributed by atoms with van der Waals surface area (Å²) in [5.41, 5.74) is 3.17. The zero-order chi connectivity index (χ0) is 25.3. The smallest absolute Gasteiger partial charge is 0.338 e. The predicted molar refractivity (Wildman–Crippen MR) is 133 cm³/mol. The van der Waals surface area contributed by atoms with E-state index in [9.17, 15) is 19.7 Å². The number of aromatic nitrogens is 1. The van der Waals surface area contributed by atoms with Crippen LogP contribution in [0.4, 0.5) is 11.5 Å². The van der Waals surface area contributed by atoms with Gasteiger partial charge in [0.05, 0.1) is 40.4 Å². The molecule has 0 radical (unpaired) electrons. The third-order valence-corrected chi connectivity index (χ3v) is 6.61. The van der Waals surface area contributed by atoms with Crippen LogP contribution < -0.4 is 4.90 Å². The first kappa shape index (κ1) is 24.3. The third kappa shape index (κ3) is 4.88. The fourth-order valence-corrected chi connectivity index (χ4v) is 4.15. The van der Waals surface area contributed by atoms with E-state index in [4.69, 9.17) is 16.3 Å². The molecule has 1 aliphatic carbocycles. The van der Waals surface area contributed by atoms with Gasteiger partial charge in [-0.25, -0.2) is 9.78 Å². The molecule has 1 amide bonds. The molecule has 1 aromatic heterocycles. The number of carbonyl (C=O) groups is 2. The number of nitro groups is 1. The van der Waals surface area contributed by atoms with Crippen LogP contribution in [0.2, 0.25) is 5.02 Å². The van der Waals surface area contributed by atoms with Gasteiger partial charge >= 0.3 is 11.7 Å². The molecule has 1 heterocycles. The van der Waals surface area contributed by atoms with E-state index >= 15 is 0 Å². The lowest BCUT2D eigenvalue weighted by Gasteiger charge is -2.23. The number of methoxy groups -OCH3 is 1. The highest BCUT2D eigenvalue weighted by Gasteiger charge is 2.38. The summed E-state index contributed by atoms with van der Waals surface area (Å²) >= 11 is 6.24. The van der Waals surface area contributed by atoms with Crippen molar-refractivity contribution in [1.82, 2.24) is 4.98 Å². The number of amides is 1. The van der Waals surface area contributed by atoms with Crippen molar-refractivity contribution in [3.63, 3.8) is 0 Å². The molecule has 9 heteroatoms. The first-order chi connectivity index (χ1) is 16.7. The summed E-state index contributed by atoms with van der Waals surface area (Å²) < 4.78 is 4.88. The lowest BCUT2D eigenvalue weighted by atomic mass is 9.98. The zero-order valence-electron chi connectivity index (χ0n) is 19.6. The quantitative estimate of drug-likeness (QED) is 0.239. The number of nitrogens with zero attached hydrogens (tertiary/aromatic N) is 3. The average molecular weight is 494 g/mol. The maximum absolute atomic E-state index is 13.2. The van der Waals surface area contributed by atoms with Crippen molar-refractivity contribution in [1.29, 1.82) is 0 Å². The van der Waals surface area contributed by atoms with Gasteiger partial charge in [-0.3, -0.25) is 19.8 Å². The molecule has 35 heavy (non-hydrogen) atoms. The number of rotatable bonds is 7. The van der Waals surface area contributed by atoms with Crippen molar-refractivity contribution in [2.24, 2.45) is 5.92 Å². The second-order valence-corrected chi connectivity index (χ2v) is 8.88. The van der Waals surface area contributed by atoms with Crippen molar-refractivity contribution in [3.8, 4) is 11.1 Å². The lowest BCUT2D eigenvalue weighted by Crippen LogP contribution is -2.33. The van der Waals surface area contributed by atoms with Crippen LogP contribution in [0.5, 0.6) is 0 Å². The highest BCUT2D eigenvalue weighted by Crippen LogP contribution is 2.39. The van der Waals surface area contributed by atoms with Crippen molar-refractivity contribution >= 4 is 35.0 Å². The minimum atomic E-state index is -0.539. The molecule has 1 fully saturated rings. The van der Waals surface area contributed by atoms with E-state index in [1.807, 2.05) is 36.4 Å². The number of carbonyl (C=O) groups excluding carboxylic acids is 2. The van der Waals surface area contributed by atoms with Gasteiger partial charge in [-0.15, -0.1) is 0 Å². The number of anilines is 1. The lowest BCUT2D eigenvalue weighted by molar-refractivity contribution is -0.384. The summed E-state index contributed by atoms with van der Waals surface area (Å²) in [6.07, 6.45) is 1.50. The molecule has 180 valence electrons. The van der Waals surface area contributed by atoms with Gasteiger partial charge in [0.15, 0.2) is 0 Å². The Morgan fingerprint density at radius 1 is 1.14 bits per heavy atom. The molecular formula is C26H24ClN3O5. The van der Waals surface area contributed by atoms with E-state index in [0.717, 1.165) is 29.5 Å². The summed E-state index contributed by atoms with van der Waals surface area (Å²) in [6, 6.07) is 14.5. The minimum Gasteiger partial charge on any atom is -0.465 e. The number of halogens is 1. The van der Waals surface area contributed by atoms with E-state index in [1.54, 1.807) is 26.0 Å². The topological polar surface area (TPSA) is 103 Å². The van der Waals surface area contributed by atoms with Crippen molar-refractivity contribution in [3.05, 3.63) is 86.1 Å². The van der Waals surface area contributed by atoms with Gasteiger partial charge < -0.3 is 4.74 Å². The first-order valence-electron chi connectivity index (χ1n) is 11.1. The number of hydrogen-bond donors (Lipinski definition) is 0. The standard InChI is InChI=1S/C26H24ClN3O5/c1-15-22(27)16(2)28-24(23(15)30(33)34)29(25(31)19-12-13-19)14-17-8-10-18(11-9-17)20-6-4-5-7-21(20)26(32)35-3/h4-11,19H,12-14H2,1-3H3. The molecule has 2 aromatic carbocycles. The number of ether oxygens (including phenoxy) is 1. The van der Waals surface area contributed by atoms with Crippen molar-refractivity contribution in [2.45, 2.75) is 33.2 Å². The molecule has 4 rings (SSSR count). The van der Waals surface area contributed by atoms with Crippen LogP contribution in [-0.4, -0.2) is 28.9 Å². The molecule has 0 saturated heterocycles. The summed E-state index contributed by atoms with van der Waals surface area (Å²) in [6.45, 7) is 3.34. The van der Waals surface area contributed by atoms with Crippen molar-refractivity contribution < 1.29 is 19.2 Å². The van der Waals surface area contributed by atoms with Gasteiger partial charge in [0.25, 0.3) is 0 Å². The summed E-state index contributed by atoms with van der Waals surface area (Å²) in [7, 11) is 1.33. The zero-order valence-corrected chi connectivity index (χ0v) is 20.3.